The predicted octanol–water partition coefficient (Wildman–Crippen LogP) is 5.94. The molecule has 3 aromatic rings. The zero-order valence-electron chi connectivity index (χ0n) is 26.0. The summed E-state index contributed by atoms with van der Waals surface area (Å²) in [6, 6.07) is 14.6. The molecular weight excluding hydrogens is 641 g/mol. The average molecular weight is 681 g/mol. The van der Waals surface area contributed by atoms with Gasteiger partial charge in [0.05, 0.1) is 31.9 Å². The number of methoxy groups -OCH3 is 3. The number of carbonyl (C=O) groups is 2. The molecule has 2 amide bonds. The summed E-state index contributed by atoms with van der Waals surface area (Å²) in [6.07, 6.45) is 1.92. The lowest BCUT2D eigenvalue weighted by atomic mass is 10.1. The number of benzene rings is 3. The van der Waals surface area contributed by atoms with E-state index in [1.54, 1.807) is 37.3 Å². The van der Waals surface area contributed by atoms with Gasteiger partial charge in [0.25, 0.3) is 10.0 Å². The number of hydrogen-bond acceptors (Lipinski definition) is 7. The number of nitrogens with zero attached hydrogens (tertiary/aromatic N) is 2. The van der Waals surface area contributed by atoms with E-state index in [1.807, 2.05) is 6.92 Å². The normalized spacial score (nSPS) is 11.8. The third-order valence-corrected chi connectivity index (χ3v) is 9.51. The summed E-state index contributed by atoms with van der Waals surface area (Å²) >= 11 is 12.8. The van der Waals surface area contributed by atoms with Gasteiger partial charge in [0.2, 0.25) is 11.8 Å². The molecule has 45 heavy (non-hydrogen) atoms. The van der Waals surface area contributed by atoms with Gasteiger partial charge in [-0.15, -0.1) is 0 Å². The number of unbranched alkanes of at least 4 members (excludes halogenated alkanes) is 1. The second-order valence-electron chi connectivity index (χ2n) is 10.0. The van der Waals surface area contributed by atoms with E-state index < -0.39 is 28.5 Å². The van der Waals surface area contributed by atoms with Crippen LogP contribution in [0.15, 0.2) is 65.6 Å². The minimum Gasteiger partial charge on any atom is -0.495 e. The van der Waals surface area contributed by atoms with E-state index in [9.17, 15) is 18.0 Å². The first-order chi connectivity index (χ1) is 21.5. The standard InChI is InChI=1S/C32H39Cl2N3O7S/c1-6-8-17-35-32(39)26(7-2)36(20-22-11-9-10-12-25(22)34)31(38)21-37(27-18-23(33)13-15-28(27)42-3)45(40,41)24-14-16-29(43-4)30(19-24)44-5/h9-16,18-19,26H,6-8,17,20-21H2,1-5H3,(H,35,39). The van der Waals surface area contributed by atoms with E-state index in [2.05, 4.69) is 5.32 Å². The molecule has 0 fully saturated rings. The van der Waals surface area contributed by atoms with E-state index >= 15 is 0 Å². The quantitative estimate of drug-likeness (QED) is 0.186. The second kappa shape index (κ2) is 16.6. The number of ether oxygens (including phenoxy) is 3. The van der Waals surface area contributed by atoms with Crippen LogP contribution in [0.3, 0.4) is 0 Å². The molecule has 0 aliphatic rings. The fourth-order valence-electron chi connectivity index (χ4n) is 4.71. The largest absolute Gasteiger partial charge is 0.495 e. The van der Waals surface area contributed by atoms with Crippen molar-refractivity contribution >= 4 is 50.7 Å². The summed E-state index contributed by atoms with van der Waals surface area (Å²) in [5.74, 6) is -0.319. The first-order valence-corrected chi connectivity index (χ1v) is 16.6. The Kier molecular flexibility index (Phi) is 13.2. The first-order valence-electron chi connectivity index (χ1n) is 14.4. The average Bonchev–Trinajstić information content (AvgIpc) is 3.03. The van der Waals surface area contributed by atoms with Crippen LogP contribution in [0.5, 0.6) is 17.2 Å². The number of halogens is 2. The highest BCUT2D eigenvalue weighted by atomic mass is 35.5. The number of carbonyl (C=O) groups excluding carboxylic acids is 2. The fraction of sp³-hybridized carbons (Fsp3) is 0.375. The van der Waals surface area contributed by atoms with E-state index in [0.717, 1.165) is 17.1 Å². The van der Waals surface area contributed by atoms with E-state index in [4.69, 9.17) is 37.4 Å². The predicted molar refractivity (Wildman–Crippen MR) is 176 cm³/mol. The van der Waals surface area contributed by atoms with Gasteiger partial charge in [-0.3, -0.25) is 13.9 Å². The Morgan fingerprint density at radius 3 is 2.18 bits per heavy atom. The molecule has 0 saturated carbocycles. The highest BCUT2D eigenvalue weighted by molar-refractivity contribution is 7.92. The van der Waals surface area contributed by atoms with Gasteiger partial charge in [0.15, 0.2) is 11.5 Å². The fourth-order valence-corrected chi connectivity index (χ4v) is 6.51. The van der Waals surface area contributed by atoms with Crippen LogP contribution in [-0.2, 0) is 26.2 Å². The molecule has 0 aliphatic heterocycles. The lowest BCUT2D eigenvalue weighted by Gasteiger charge is -2.33. The van der Waals surface area contributed by atoms with Crippen LogP contribution in [0.1, 0.15) is 38.7 Å². The smallest absolute Gasteiger partial charge is 0.265 e. The highest BCUT2D eigenvalue weighted by Gasteiger charge is 2.35. The molecule has 1 N–H and O–H groups in total. The van der Waals surface area contributed by atoms with Gasteiger partial charge in [-0.25, -0.2) is 8.42 Å². The summed E-state index contributed by atoms with van der Waals surface area (Å²) in [7, 11) is -0.252. The third kappa shape index (κ3) is 8.74. The maximum atomic E-state index is 14.4. The molecule has 1 atom stereocenters. The van der Waals surface area contributed by atoms with Crippen molar-refractivity contribution in [3.63, 3.8) is 0 Å². The van der Waals surface area contributed by atoms with E-state index in [0.29, 0.717) is 22.9 Å². The van der Waals surface area contributed by atoms with Gasteiger partial charge in [-0.05, 0) is 54.8 Å². The van der Waals surface area contributed by atoms with Crippen molar-refractivity contribution in [3.05, 3.63) is 76.3 Å². The zero-order valence-corrected chi connectivity index (χ0v) is 28.3. The van der Waals surface area contributed by atoms with Crippen LogP contribution in [0.25, 0.3) is 0 Å². The summed E-state index contributed by atoms with van der Waals surface area (Å²) in [6.45, 7) is 3.52. The molecule has 0 heterocycles. The molecule has 0 aliphatic carbocycles. The molecule has 13 heteroatoms. The van der Waals surface area contributed by atoms with Crippen LogP contribution < -0.4 is 23.8 Å². The summed E-state index contributed by atoms with van der Waals surface area (Å²) in [5.41, 5.74) is 0.633. The molecule has 1 unspecified atom stereocenters. The van der Waals surface area contributed by atoms with E-state index in [-0.39, 0.29) is 46.0 Å². The summed E-state index contributed by atoms with van der Waals surface area (Å²) < 4.78 is 45.8. The number of hydrogen-bond donors (Lipinski definition) is 1. The zero-order chi connectivity index (χ0) is 33.1. The van der Waals surface area contributed by atoms with Crippen molar-refractivity contribution in [2.24, 2.45) is 0 Å². The minimum atomic E-state index is -4.46. The van der Waals surface area contributed by atoms with Gasteiger partial charge in [-0.2, -0.15) is 0 Å². The van der Waals surface area contributed by atoms with Gasteiger partial charge < -0.3 is 24.4 Å². The molecule has 0 saturated heterocycles. The number of sulfonamides is 1. The Hall–Kier alpha value is -3.67. The molecule has 0 spiro atoms. The SMILES string of the molecule is CCCCNC(=O)C(CC)N(Cc1ccccc1Cl)C(=O)CN(c1cc(Cl)ccc1OC)S(=O)(=O)c1ccc(OC)c(OC)c1. The molecule has 3 aromatic carbocycles. The van der Waals surface area contributed by atoms with Crippen molar-refractivity contribution in [2.75, 3.05) is 38.7 Å². The maximum Gasteiger partial charge on any atom is 0.265 e. The minimum absolute atomic E-state index is 0.0326. The Balaban J connectivity index is 2.16. The van der Waals surface area contributed by atoms with Crippen LogP contribution in [0, 0.1) is 0 Å². The summed E-state index contributed by atoms with van der Waals surface area (Å²) in [5, 5.41) is 3.53. The number of rotatable bonds is 16. The lowest BCUT2D eigenvalue weighted by Crippen LogP contribution is -2.52. The maximum absolute atomic E-state index is 14.4. The molecular formula is C32H39Cl2N3O7S. The van der Waals surface area contributed by atoms with Crippen molar-refractivity contribution in [2.45, 2.75) is 50.6 Å². The number of amides is 2. The first kappa shape index (κ1) is 35.8. The molecule has 10 nitrogen and oxygen atoms in total. The second-order valence-corrected chi connectivity index (χ2v) is 12.7. The molecule has 0 bridgehead atoms. The Bertz CT molecular complexity index is 1590. The van der Waals surface area contributed by atoms with Crippen LogP contribution in [0.4, 0.5) is 5.69 Å². The molecule has 0 radical (unpaired) electrons. The molecule has 0 aromatic heterocycles. The van der Waals surface area contributed by atoms with E-state index in [1.165, 1.54) is 56.6 Å². The van der Waals surface area contributed by atoms with Crippen molar-refractivity contribution in [1.82, 2.24) is 10.2 Å². The lowest BCUT2D eigenvalue weighted by molar-refractivity contribution is -0.140. The summed E-state index contributed by atoms with van der Waals surface area (Å²) in [4.78, 5) is 28.9. The van der Waals surface area contributed by atoms with Gasteiger partial charge in [-0.1, -0.05) is 61.7 Å². The van der Waals surface area contributed by atoms with Gasteiger partial charge in [0, 0.05) is 29.2 Å². The van der Waals surface area contributed by atoms with Crippen molar-refractivity contribution in [3.8, 4) is 17.2 Å². The van der Waals surface area contributed by atoms with Gasteiger partial charge >= 0.3 is 0 Å². The van der Waals surface area contributed by atoms with Crippen molar-refractivity contribution < 1.29 is 32.2 Å². The molecule has 3 rings (SSSR count). The van der Waals surface area contributed by atoms with Crippen LogP contribution >= 0.6 is 23.2 Å². The number of nitrogens with one attached hydrogen (secondary N) is 1. The Labute approximate surface area is 275 Å². The molecule has 244 valence electrons. The topological polar surface area (TPSA) is 114 Å². The Morgan fingerprint density at radius 2 is 1.56 bits per heavy atom. The van der Waals surface area contributed by atoms with Crippen LogP contribution in [0.2, 0.25) is 10.0 Å². The number of anilines is 1. The van der Waals surface area contributed by atoms with Crippen LogP contribution in [-0.4, -0.2) is 65.6 Å². The monoisotopic (exact) mass is 679 g/mol. The third-order valence-electron chi connectivity index (χ3n) is 7.15. The Morgan fingerprint density at radius 1 is 0.889 bits per heavy atom. The highest BCUT2D eigenvalue weighted by Crippen LogP contribution is 2.37. The van der Waals surface area contributed by atoms with Crippen molar-refractivity contribution in [1.29, 1.82) is 0 Å². The van der Waals surface area contributed by atoms with Gasteiger partial charge in [0.1, 0.15) is 18.3 Å².